The number of nitrogens with zero attached hydrogens (tertiary/aromatic N) is 3. The zero-order chi connectivity index (χ0) is 19.2. The third kappa shape index (κ3) is 4.50. The number of para-hydroxylation sites is 2. The van der Waals surface area contributed by atoms with Gasteiger partial charge in [-0.05, 0) is 25.0 Å². The van der Waals surface area contributed by atoms with Crippen molar-refractivity contribution >= 4 is 23.5 Å². The summed E-state index contributed by atoms with van der Waals surface area (Å²) in [5, 5.41) is 2.83. The average Bonchev–Trinajstić information content (AvgIpc) is 3.24. The fourth-order valence-corrected chi connectivity index (χ4v) is 3.47. The first-order valence-corrected chi connectivity index (χ1v) is 9.34. The van der Waals surface area contributed by atoms with Gasteiger partial charge in [0.15, 0.2) is 0 Å². The topological polar surface area (TPSA) is 82.2 Å². The first kappa shape index (κ1) is 19.0. The lowest BCUT2D eigenvalue weighted by molar-refractivity contribution is -0.127. The predicted octanol–water partition coefficient (Wildman–Crippen LogP) is 1.07. The number of carbonyl (C=O) groups excluding carboxylic acids is 3. The average molecular weight is 374 g/mol. The Morgan fingerprint density at radius 1 is 1.15 bits per heavy atom. The first-order valence-electron chi connectivity index (χ1n) is 9.34. The van der Waals surface area contributed by atoms with Gasteiger partial charge in [0.25, 0.3) is 0 Å². The molecule has 8 nitrogen and oxygen atoms in total. The van der Waals surface area contributed by atoms with E-state index in [0.717, 1.165) is 19.4 Å². The Morgan fingerprint density at radius 3 is 2.70 bits per heavy atom. The van der Waals surface area contributed by atoms with Gasteiger partial charge in [-0.2, -0.15) is 0 Å². The summed E-state index contributed by atoms with van der Waals surface area (Å²) in [5.41, 5.74) is 0.711. The monoisotopic (exact) mass is 374 g/mol. The van der Waals surface area contributed by atoms with Crippen LogP contribution in [0.4, 0.5) is 10.5 Å². The molecular formula is C19H26N4O4. The van der Waals surface area contributed by atoms with Crippen LogP contribution < -0.4 is 15.0 Å². The second kappa shape index (κ2) is 8.75. The standard InChI is InChI=1S/C19H26N4O4/c1-27-16-7-3-2-6-15(16)23-13-12-22(19(23)26)14-17(24)20-9-5-11-21-10-4-8-18(21)25/h2-3,6-7H,4-5,8-14H2,1H3,(H,20,24). The number of hydrogen-bond donors (Lipinski definition) is 1. The van der Waals surface area contributed by atoms with E-state index in [1.807, 2.05) is 29.2 Å². The molecule has 1 aromatic carbocycles. The maximum absolute atomic E-state index is 12.6. The van der Waals surface area contributed by atoms with E-state index >= 15 is 0 Å². The molecule has 0 atom stereocenters. The Balaban J connectivity index is 1.43. The lowest BCUT2D eigenvalue weighted by Gasteiger charge is -2.20. The molecule has 2 heterocycles. The number of urea groups is 1. The van der Waals surface area contributed by atoms with Crippen LogP contribution in [0.3, 0.4) is 0 Å². The molecule has 0 unspecified atom stereocenters. The number of methoxy groups -OCH3 is 1. The Labute approximate surface area is 159 Å². The van der Waals surface area contributed by atoms with Crippen molar-refractivity contribution in [1.29, 1.82) is 0 Å². The van der Waals surface area contributed by atoms with Crippen molar-refractivity contribution in [3.63, 3.8) is 0 Å². The van der Waals surface area contributed by atoms with E-state index < -0.39 is 0 Å². The van der Waals surface area contributed by atoms with Crippen LogP contribution in [-0.2, 0) is 9.59 Å². The fraction of sp³-hybridized carbons (Fsp3) is 0.526. The highest BCUT2D eigenvalue weighted by atomic mass is 16.5. The zero-order valence-electron chi connectivity index (χ0n) is 15.6. The molecule has 2 saturated heterocycles. The lowest BCUT2D eigenvalue weighted by atomic mass is 10.2. The number of hydrogen-bond acceptors (Lipinski definition) is 4. The summed E-state index contributed by atoms with van der Waals surface area (Å²) < 4.78 is 5.32. The SMILES string of the molecule is COc1ccccc1N1CCN(CC(=O)NCCCN2CCCC2=O)C1=O. The molecule has 1 N–H and O–H groups in total. The predicted molar refractivity (Wildman–Crippen MR) is 101 cm³/mol. The van der Waals surface area contributed by atoms with Crippen molar-refractivity contribution in [2.24, 2.45) is 0 Å². The minimum Gasteiger partial charge on any atom is -0.495 e. The summed E-state index contributed by atoms with van der Waals surface area (Å²) in [5.74, 6) is 0.645. The molecule has 0 spiro atoms. The van der Waals surface area contributed by atoms with Gasteiger partial charge in [0.2, 0.25) is 11.8 Å². The van der Waals surface area contributed by atoms with E-state index in [2.05, 4.69) is 5.32 Å². The van der Waals surface area contributed by atoms with E-state index in [4.69, 9.17) is 4.74 Å². The number of benzene rings is 1. The molecule has 0 saturated carbocycles. The molecule has 3 rings (SSSR count). The number of amides is 4. The van der Waals surface area contributed by atoms with Crippen molar-refractivity contribution in [3.8, 4) is 5.75 Å². The Morgan fingerprint density at radius 2 is 1.96 bits per heavy atom. The summed E-state index contributed by atoms with van der Waals surface area (Å²) >= 11 is 0. The van der Waals surface area contributed by atoms with Gasteiger partial charge in [-0.3, -0.25) is 14.5 Å². The third-order valence-corrected chi connectivity index (χ3v) is 4.90. The molecule has 0 bridgehead atoms. The van der Waals surface area contributed by atoms with Crippen molar-refractivity contribution in [2.75, 3.05) is 51.3 Å². The zero-order valence-corrected chi connectivity index (χ0v) is 15.6. The molecule has 4 amide bonds. The van der Waals surface area contributed by atoms with Crippen molar-refractivity contribution < 1.29 is 19.1 Å². The van der Waals surface area contributed by atoms with Crippen molar-refractivity contribution in [1.82, 2.24) is 15.1 Å². The minimum absolute atomic E-state index is 0.0348. The smallest absolute Gasteiger partial charge is 0.325 e. The van der Waals surface area contributed by atoms with Crippen LogP contribution in [0.1, 0.15) is 19.3 Å². The van der Waals surface area contributed by atoms with Gasteiger partial charge in [0.05, 0.1) is 12.8 Å². The van der Waals surface area contributed by atoms with Gasteiger partial charge in [-0.1, -0.05) is 12.1 Å². The molecule has 2 aliphatic heterocycles. The summed E-state index contributed by atoms with van der Waals surface area (Å²) in [7, 11) is 1.57. The van der Waals surface area contributed by atoms with Gasteiger partial charge < -0.3 is 19.9 Å². The molecule has 0 radical (unpaired) electrons. The molecule has 146 valence electrons. The highest BCUT2D eigenvalue weighted by Crippen LogP contribution is 2.30. The van der Waals surface area contributed by atoms with Crippen LogP contribution in [0.15, 0.2) is 24.3 Å². The molecule has 0 aromatic heterocycles. The van der Waals surface area contributed by atoms with Crippen LogP contribution in [-0.4, -0.2) is 74.0 Å². The van der Waals surface area contributed by atoms with Gasteiger partial charge in [-0.15, -0.1) is 0 Å². The van der Waals surface area contributed by atoms with Gasteiger partial charge in [0.1, 0.15) is 12.3 Å². The number of rotatable bonds is 8. The van der Waals surface area contributed by atoms with Crippen LogP contribution in [0.25, 0.3) is 0 Å². The van der Waals surface area contributed by atoms with E-state index in [0.29, 0.717) is 44.0 Å². The maximum Gasteiger partial charge on any atom is 0.325 e. The van der Waals surface area contributed by atoms with Gasteiger partial charge >= 0.3 is 6.03 Å². The van der Waals surface area contributed by atoms with Crippen molar-refractivity contribution in [3.05, 3.63) is 24.3 Å². The van der Waals surface area contributed by atoms with Crippen LogP contribution >= 0.6 is 0 Å². The van der Waals surface area contributed by atoms with Gasteiger partial charge in [0, 0.05) is 39.1 Å². The molecule has 8 heteroatoms. The summed E-state index contributed by atoms with van der Waals surface area (Å²) in [4.78, 5) is 41.3. The summed E-state index contributed by atoms with van der Waals surface area (Å²) in [6.07, 6.45) is 2.27. The minimum atomic E-state index is -0.197. The molecule has 1 aromatic rings. The summed E-state index contributed by atoms with van der Waals surface area (Å²) in [6, 6.07) is 7.15. The molecule has 2 aliphatic rings. The molecule has 27 heavy (non-hydrogen) atoms. The number of carbonyl (C=O) groups is 3. The first-order chi connectivity index (χ1) is 13.1. The normalized spacial score (nSPS) is 17.0. The molecule has 0 aliphatic carbocycles. The second-order valence-corrected chi connectivity index (χ2v) is 6.72. The van der Waals surface area contributed by atoms with Gasteiger partial charge in [-0.25, -0.2) is 4.79 Å². The number of anilines is 1. The number of nitrogens with one attached hydrogen (secondary N) is 1. The third-order valence-electron chi connectivity index (χ3n) is 4.90. The second-order valence-electron chi connectivity index (χ2n) is 6.72. The summed E-state index contributed by atoms with van der Waals surface area (Å²) in [6.45, 7) is 3.03. The highest BCUT2D eigenvalue weighted by molar-refractivity contribution is 5.97. The number of ether oxygens (including phenoxy) is 1. The van der Waals surface area contributed by atoms with E-state index in [-0.39, 0.29) is 24.4 Å². The van der Waals surface area contributed by atoms with E-state index in [1.54, 1.807) is 12.0 Å². The quantitative estimate of drug-likeness (QED) is 0.690. The highest BCUT2D eigenvalue weighted by Gasteiger charge is 2.32. The lowest BCUT2D eigenvalue weighted by Crippen LogP contribution is -2.40. The fourth-order valence-electron chi connectivity index (χ4n) is 3.47. The Hall–Kier alpha value is -2.77. The number of likely N-dealkylation sites (tertiary alicyclic amines) is 1. The van der Waals surface area contributed by atoms with E-state index in [1.165, 1.54) is 4.90 Å². The molecule has 2 fully saturated rings. The van der Waals surface area contributed by atoms with E-state index in [9.17, 15) is 14.4 Å². The van der Waals surface area contributed by atoms with Crippen LogP contribution in [0, 0.1) is 0 Å². The van der Waals surface area contributed by atoms with Crippen molar-refractivity contribution in [2.45, 2.75) is 19.3 Å². The Bertz CT molecular complexity index is 709. The Kier molecular flexibility index (Phi) is 6.16. The maximum atomic E-state index is 12.6. The largest absolute Gasteiger partial charge is 0.495 e. The molecular weight excluding hydrogens is 348 g/mol. The van der Waals surface area contributed by atoms with Crippen LogP contribution in [0.5, 0.6) is 5.75 Å². The van der Waals surface area contributed by atoms with Crippen LogP contribution in [0.2, 0.25) is 0 Å².